The standard InChI is InChI=1S/C30H28Cl2/c31-15-7-9-17-23(11-15)19-3-1-5-21-25-13-28-18-10-8-16(32)12-24(18)20-4-2-6-22(30(20)28)26(25)14-27(17)29(19)21/h1,3,5-6,8-9,12-13,15,18,21,23,25-27,29H,2,4,7,10-11,14H2. The number of hydrogen-bond donors (Lipinski definition) is 0. The van der Waals surface area contributed by atoms with E-state index in [0.717, 1.165) is 24.3 Å². The minimum absolute atomic E-state index is 0.308. The van der Waals surface area contributed by atoms with Crippen LogP contribution in [0.2, 0.25) is 0 Å². The van der Waals surface area contributed by atoms with Crippen molar-refractivity contribution >= 4 is 23.2 Å². The average Bonchev–Trinajstić information content (AvgIpc) is 3.29. The highest BCUT2D eigenvalue weighted by Gasteiger charge is 2.56. The van der Waals surface area contributed by atoms with Crippen LogP contribution in [0.3, 0.4) is 0 Å². The summed E-state index contributed by atoms with van der Waals surface area (Å²) in [6.45, 7) is 0. The van der Waals surface area contributed by atoms with Gasteiger partial charge in [0.1, 0.15) is 0 Å². The summed E-state index contributed by atoms with van der Waals surface area (Å²) in [5, 5.41) is 1.24. The molecule has 8 aliphatic carbocycles. The van der Waals surface area contributed by atoms with E-state index >= 15 is 0 Å². The summed E-state index contributed by atoms with van der Waals surface area (Å²) < 4.78 is 0. The van der Waals surface area contributed by atoms with Gasteiger partial charge in [-0.25, -0.2) is 0 Å². The SMILES string of the molecule is ClC1=CCC2C(=C1)C1=C3C2=CC2C(CC4C5=CCC(Cl)CC5C5=CC=CC2C54)C3=CCC1. The quantitative estimate of drug-likeness (QED) is 0.255. The fourth-order valence-electron chi connectivity index (χ4n) is 8.93. The van der Waals surface area contributed by atoms with Gasteiger partial charge in [-0.1, -0.05) is 65.3 Å². The summed E-state index contributed by atoms with van der Waals surface area (Å²) >= 11 is 13.1. The normalized spacial score (nSPS) is 44.7. The molecule has 0 aromatic heterocycles. The molecule has 0 radical (unpaired) electrons. The van der Waals surface area contributed by atoms with Crippen molar-refractivity contribution in [3.05, 3.63) is 92.7 Å². The lowest BCUT2D eigenvalue weighted by Gasteiger charge is -2.48. The second kappa shape index (κ2) is 6.55. The Labute approximate surface area is 200 Å². The van der Waals surface area contributed by atoms with Gasteiger partial charge in [-0.05, 0) is 102 Å². The van der Waals surface area contributed by atoms with Crippen LogP contribution in [0.4, 0.5) is 0 Å². The Bertz CT molecular complexity index is 1200. The molecule has 2 fully saturated rings. The molecular formula is C30H28Cl2. The first kappa shape index (κ1) is 18.9. The summed E-state index contributed by atoms with van der Waals surface area (Å²) in [5.74, 6) is 4.49. The molecule has 0 aromatic rings. The van der Waals surface area contributed by atoms with Crippen molar-refractivity contribution in [1.82, 2.24) is 0 Å². The van der Waals surface area contributed by atoms with E-state index in [1.165, 1.54) is 24.8 Å². The topological polar surface area (TPSA) is 0 Å². The minimum atomic E-state index is 0.308. The lowest BCUT2D eigenvalue weighted by Crippen LogP contribution is -2.41. The van der Waals surface area contributed by atoms with Crippen LogP contribution in [-0.4, -0.2) is 5.38 Å². The van der Waals surface area contributed by atoms with Gasteiger partial charge in [0, 0.05) is 22.2 Å². The number of fused-ring (bicyclic) bond motifs is 9. The van der Waals surface area contributed by atoms with Crippen LogP contribution in [0.25, 0.3) is 0 Å². The fraction of sp³-hybridized carbons (Fsp3) is 0.467. The Morgan fingerprint density at radius 1 is 0.844 bits per heavy atom. The van der Waals surface area contributed by atoms with E-state index in [2.05, 4.69) is 48.6 Å². The van der Waals surface area contributed by atoms with Crippen LogP contribution < -0.4 is 0 Å². The highest BCUT2D eigenvalue weighted by atomic mass is 35.5. The molecule has 0 heterocycles. The van der Waals surface area contributed by atoms with Crippen LogP contribution in [0.5, 0.6) is 0 Å². The molecule has 0 aromatic carbocycles. The lowest BCUT2D eigenvalue weighted by molar-refractivity contribution is 0.161. The van der Waals surface area contributed by atoms with Gasteiger partial charge in [0.25, 0.3) is 0 Å². The second-order valence-electron chi connectivity index (χ2n) is 11.2. The van der Waals surface area contributed by atoms with Crippen LogP contribution in [0.1, 0.15) is 38.5 Å². The molecule has 2 heteroatoms. The minimum Gasteiger partial charge on any atom is -0.123 e. The molecule has 0 aliphatic heterocycles. The largest absolute Gasteiger partial charge is 0.123 e. The van der Waals surface area contributed by atoms with Crippen molar-refractivity contribution in [2.75, 3.05) is 0 Å². The molecular weight excluding hydrogens is 431 g/mol. The Morgan fingerprint density at radius 2 is 1.78 bits per heavy atom. The van der Waals surface area contributed by atoms with E-state index in [4.69, 9.17) is 23.2 Å². The van der Waals surface area contributed by atoms with Gasteiger partial charge in [0.2, 0.25) is 0 Å². The van der Waals surface area contributed by atoms with E-state index in [1.807, 2.05) is 0 Å². The van der Waals surface area contributed by atoms with E-state index in [-0.39, 0.29) is 0 Å². The van der Waals surface area contributed by atoms with Crippen molar-refractivity contribution in [3.8, 4) is 0 Å². The summed E-state index contributed by atoms with van der Waals surface area (Å²) in [6.07, 6.45) is 26.8. The Kier molecular flexibility index (Phi) is 3.86. The molecule has 0 N–H and O–H groups in total. The molecule has 0 nitrogen and oxygen atoms in total. The first-order valence-electron chi connectivity index (χ1n) is 12.6. The summed E-state index contributed by atoms with van der Waals surface area (Å²) in [5.41, 5.74) is 11.6. The molecule has 0 spiro atoms. The zero-order valence-electron chi connectivity index (χ0n) is 18.2. The van der Waals surface area contributed by atoms with E-state index in [0.29, 0.717) is 46.8 Å². The van der Waals surface area contributed by atoms with Crippen molar-refractivity contribution < 1.29 is 0 Å². The van der Waals surface area contributed by atoms with Gasteiger partial charge in [0.05, 0.1) is 0 Å². The van der Waals surface area contributed by atoms with Gasteiger partial charge in [-0.15, -0.1) is 11.6 Å². The zero-order valence-corrected chi connectivity index (χ0v) is 19.7. The highest BCUT2D eigenvalue weighted by molar-refractivity contribution is 6.31. The predicted octanol–water partition coefficient (Wildman–Crippen LogP) is 7.96. The third-order valence-corrected chi connectivity index (χ3v) is 10.6. The maximum absolute atomic E-state index is 6.65. The van der Waals surface area contributed by atoms with Crippen LogP contribution in [0.15, 0.2) is 92.7 Å². The Hall–Kier alpha value is -1.50. The van der Waals surface area contributed by atoms with E-state index < -0.39 is 0 Å². The molecule has 8 unspecified atom stereocenters. The molecule has 0 saturated heterocycles. The maximum atomic E-state index is 6.65. The lowest BCUT2D eigenvalue weighted by atomic mass is 9.55. The summed E-state index contributed by atoms with van der Waals surface area (Å²) in [6, 6.07) is 0. The molecule has 8 aliphatic rings. The third-order valence-electron chi connectivity index (χ3n) is 9.96. The molecule has 0 amide bonds. The second-order valence-corrected chi connectivity index (χ2v) is 12.2. The Morgan fingerprint density at radius 3 is 2.72 bits per heavy atom. The summed E-state index contributed by atoms with van der Waals surface area (Å²) in [7, 11) is 0. The number of halogens is 2. The number of hydrogen-bond acceptors (Lipinski definition) is 0. The summed E-state index contributed by atoms with van der Waals surface area (Å²) in [4.78, 5) is 0. The smallest absolute Gasteiger partial charge is 0.0379 e. The third kappa shape index (κ3) is 2.31. The van der Waals surface area contributed by atoms with Crippen LogP contribution in [-0.2, 0) is 0 Å². The Balaban J connectivity index is 1.29. The number of allylic oxidation sites excluding steroid dienone is 16. The van der Waals surface area contributed by atoms with Crippen molar-refractivity contribution in [1.29, 1.82) is 0 Å². The van der Waals surface area contributed by atoms with Crippen molar-refractivity contribution in [3.63, 3.8) is 0 Å². The van der Waals surface area contributed by atoms with Gasteiger partial charge >= 0.3 is 0 Å². The van der Waals surface area contributed by atoms with Gasteiger partial charge in [-0.2, -0.15) is 0 Å². The monoisotopic (exact) mass is 458 g/mol. The molecule has 8 atom stereocenters. The van der Waals surface area contributed by atoms with Gasteiger partial charge in [-0.3, -0.25) is 0 Å². The van der Waals surface area contributed by atoms with Crippen molar-refractivity contribution in [2.45, 2.75) is 43.9 Å². The van der Waals surface area contributed by atoms with E-state index in [1.54, 1.807) is 33.4 Å². The van der Waals surface area contributed by atoms with Crippen LogP contribution in [0, 0.1) is 41.4 Å². The van der Waals surface area contributed by atoms with Gasteiger partial charge < -0.3 is 0 Å². The molecule has 2 saturated carbocycles. The first-order valence-corrected chi connectivity index (χ1v) is 13.5. The molecule has 8 rings (SSSR count). The average molecular weight is 459 g/mol. The van der Waals surface area contributed by atoms with Crippen molar-refractivity contribution in [2.24, 2.45) is 41.4 Å². The molecule has 0 bridgehead atoms. The zero-order chi connectivity index (χ0) is 21.1. The number of rotatable bonds is 0. The molecule has 32 heavy (non-hydrogen) atoms. The predicted molar refractivity (Wildman–Crippen MR) is 132 cm³/mol. The highest BCUT2D eigenvalue weighted by Crippen LogP contribution is 2.66. The fourth-order valence-corrected chi connectivity index (χ4v) is 9.40. The molecule has 162 valence electrons. The van der Waals surface area contributed by atoms with E-state index in [9.17, 15) is 0 Å². The van der Waals surface area contributed by atoms with Gasteiger partial charge in [0.15, 0.2) is 0 Å². The maximum Gasteiger partial charge on any atom is 0.0379 e. The first-order chi connectivity index (χ1) is 15.7. The van der Waals surface area contributed by atoms with Crippen LogP contribution >= 0.6 is 23.2 Å². The number of alkyl halides is 1.